The van der Waals surface area contributed by atoms with E-state index in [-0.39, 0.29) is 5.75 Å². The van der Waals surface area contributed by atoms with E-state index in [1.807, 2.05) is 4.90 Å². The van der Waals surface area contributed by atoms with E-state index in [0.717, 1.165) is 10.4 Å². The molecule has 0 aliphatic carbocycles. The average Bonchev–Trinajstić information content (AvgIpc) is 3.21. The number of thiophene rings is 1. The first-order valence-corrected chi connectivity index (χ1v) is 11.6. The molecule has 1 aliphatic rings. The van der Waals surface area contributed by atoms with E-state index in [9.17, 15) is 19.8 Å². The Kier molecular flexibility index (Phi) is 7.21. The maximum Gasteiger partial charge on any atom is 0.336 e. The number of hydrogen-bond acceptors (Lipinski definition) is 7. The lowest BCUT2D eigenvalue weighted by atomic mass is 10.0. The average molecular weight is 500 g/mol. The zero-order chi connectivity index (χ0) is 24.2. The van der Waals surface area contributed by atoms with Crippen LogP contribution in [0.2, 0.25) is 5.02 Å². The fourth-order valence-electron chi connectivity index (χ4n) is 3.88. The van der Waals surface area contributed by atoms with Crippen LogP contribution in [0.5, 0.6) is 16.6 Å². The maximum atomic E-state index is 12.3. The number of phenols is 1. The van der Waals surface area contributed by atoms with E-state index in [4.69, 9.17) is 21.1 Å². The topological polar surface area (TPSA) is 96.3 Å². The number of methoxy groups -OCH3 is 1. The van der Waals surface area contributed by atoms with Crippen molar-refractivity contribution in [3.05, 3.63) is 81.2 Å². The molecule has 0 saturated carbocycles. The molecule has 0 spiro atoms. The number of nitrogens with zero attached hydrogens (tertiary/aromatic N) is 1. The lowest BCUT2D eigenvalue weighted by Crippen LogP contribution is -2.37. The van der Waals surface area contributed by atoms with E-state index in [2.05, 4.69) is 0 Å². The molecule has 7 nitrogen and oxygen atoms in total. The van der Waals surface area contributed by atoms with Crippen LogP contribution in [0.4, 0.5) is 0 Å². The number of carbonyl (C=O) groups excluding carboxylic acids is 1. The van der Waals surface area contributed by atoms with Gasteiger partial charge in [0.1, 0.15) is 6.04 Å². The quantitative estimate of drug-likeness (QED) is 0.352. The van der Waals surface area contributed by atoms with Gasteiger partial charge in [0.25, 0.3) is 0 Å². The summed E-state index contributed by atoms with van der Waals surface area (Å²) in [7, 11) is 1.45. The van der Waals surface area contributed by atoms with E-state index in [1.165, 1.54) is 30.6 Å². The molecule has 0 saturated heterocycles. The number of carboxylic acids is 1. The summed E-state index contributed by atoms with van der Waals surface area (Å²) in [5, 5.41) is 20.4. The molecule has 1 aromatic heterocycles. The zero-order valence-corrected chi connectivity index (χ0v) is 19.8. The predicted octanol–water partition coefficient (Wildman–Crippen LogP) is 4.92. The summed E-state index contributed by atoms with van der Waals surface area (Å²) in [6.07, 6.45) is 3.52. The van der Waals surface area contributed by atoms with Gasteiger partial charge in [0, 0.05) is 29.1 Å². The molecule has 176 valence electrons. The molecule has 3 aromatic rings. The van der Waals surface area contributed by atoms with Crippen LogP contribution in [0.25, 0.3) is 6.08 Å². The molecule has 0 radical (unpaired) electrons. The van der Waals surface area contributed by atoms with E-state index >= 15 is 0 Å². The van der Waals surface area contributed by atoms with Crippen molar-refractivity contribution in [2.24, 2.45) is 0 Å². The Labute approximate surface area is 205 Å². The van der Waals surface area contributed by atoms with Crippen LogP contribution in [-0.2, 0) is 22.6 Å². The van der Waals surface area contributed by atoms with Crippen molar-refractivity contribution in [2.75, 3.05) is 13.7 Å². The minimum Gasteiger partial charge on any atom is -0.504 e. The van der Waals surface area contributed by atoms with Gasteiger partial charge >= 0.3 is 11.9 Å². The number of fused-ring (bicyclic) bond motifs is 1. The third-order valence-electron chi connectivity index (χ3n) is 5.49. The van der Waals surface area contributed by atoms with Gasteiger partial charge in [-0.3, -0.25) is 9.69 Å². The Hall–Kier alpha value is -3.33. The number of halogens is 1. The number of esters is 1. The molecule has 0 fully saturated rings. The zero-order valence-electron chi connectivity index (χ0n) is 18.2. The molecular formula is C25H22ClNO6S. The van der Waals surface area contributed by atoms with Crippen molar-refractivity contribution in [3.63, 3.8) is 0 Å². The van der Waals surface area contributed by atoms with Crippen LogP contribution in [0, 0.1) is 0 Å². The van der Waals surface area contributed by atoms with E-state index in [0.29, 0.717) is 46.5 Å². The molecule has 2 aromatic carbocycles. The maximum absolute atomic E-state index is 12.3. The molecule has 2 heterocycles. The minimum atomic E-state index is -0.963. The molecule has 0 unspecified atom stereocenters. The fourth-order valence-corrected chi connectivity index (χ4v) is 5.13. The third-order valence-corrected chi connectivity index (χ3v) is 6.95. The first-order valence-electron chi connectivity index (χ1n) is 10.5. The number of hydrogen-bond donors (Lipinski definition) is 2. The summed E-state index contributed by atoms with van der Waals surface area (Å²) in [5.74, 6) is -1.18. The second-order valence-corrected chi connectivity index (χ2v) is 9.19. The van der Waals surface area contributed by atoms with Crippen LogP contribution >= 0.6 is 22.9 Å². The van der Waals surface area contributed by atoms with Crippen molar-refractivity contribution >= 4 is 41.0 Å². The number of benzene rings is 2. The number of carbonyl (C=O) groups is 2. The molecule has 0 bridgehead atoms. The first kappa shape index (κ1) is 23.8. The van der Waals surface area contributed by atoms with Crippen molar-refractivity contribution in [3.8, 4) is 16.6 Å². The summed E-state index contributed by atoms with van der Waals surface area (Å²) in [6, 6.07) is 12.6. The van der Waals surface area contributed by atoms with Gasteiger partial charge in [-0.25, -0.2) is 4.79 Å². The van der Waals surface area contributed by atoms with Crippen molar-refractivity contribution in [2.45, 2.75) is 19.0 Å². The largest absolute Gasteiger partial charge is 0.504 e. The van der Waals surface area contributed by atoms with Gasteiger partial charge < -0.3 is 19.7 Å². The Balaban J connectivity index is 1.45. The van der Waals surface area contributed by atoms with Gasteiger partial charge in [-0.1, -0.05) is 35.9 Å². The number of carboxylic acid groups (broad SMARTS) is 1. The molecule has 9 heteroatoms. The number of aliphatic carboxylic acids is 1. The van der Waals surface area contributed by atoms with Crippen molar-refractivity contribution in [1.29, 1.82) is 0 Å². The standard InChI is InChI=1S/C25H22ClNO6S/c1-32-20-12-15(6-8-19(20)28)7-9-22(29)33-23-13-16-14-27(11-10-21(16)34-23)24(25(30)31)17-4-2-3-5-18(17)26/h2-9,12-13,24,28H,10-11,14H2,1H3,(H,30,31)/b9-7+/t24-/m0/s1. The highest BCUT2D eigenvalue weighted by Gasteiger charge is 2.32. The van der Waals surface area contributed by atoms with Gasteiger partial charge in [0.15, 0.2) is 16.6 Å². The summed E-state index contributed by atoms with van der Waals surface area (Å²) in [6.45, 7) is 0.959. The Bertz CT molecular complexity index is 1250. The predicted molar refractivity (Wildman–Crippen MR) is 130 cm³/mol. The highest BCUT2D eigenvalue weighted by atomic mass is 35.5. The lowest BCUT2D eigenvalue weighted by Gasteiger charge is -2.32. The fraction of sp³-hybridized carbons (Fsp3) is 0.200. The molecule has 2 N–H and O–H groups in total. The summed E-state index contributed by atoms with van der Waals surface area (Å²) in [4.78, 5) is 27.3. The number of aromatic hydroxyl groups is 1. The van der Waals surface area contributed by atoms with Gasteiger partial charge in [-0.05, 0) is 53.5 Å². The number of ether oxygens (including phenoxy) is 2. The monoisotopic (exact) mass is 499 g/mol. The number of rotatable bonds is 7. The molecule has 34 heavy (non-hydrogen) atoms. The van der Waals surface area contributed by atoms with Gasteiger partial charge in [0.2, 0.25) is 0 Å². The van der Waals surface area contributed by atoms with Crippen LogP contribution in [0.1, 0.15) is 27.6 Å². The smallest absolute Gasteiger partial charge is 0.336 e. The Morgan fingerprint density at radius 2 is 2.00 bits per heavy atom. The van der Waals surface area contributed by atoms with Crippen LogP contribution in [0.3, 0.4) is 0 Å². The SMILES string of the molecule is COc1cc(/C=C/C(=O)Oc2cc3c(s2)CCN([C@H](C(=O)O)c2ccccc2Cl)C3)ccc1O. The molecule has 4 rings (SSSR count). The minimum absolute atomic E-state index is 0.0140. The normalized spacial score (nSPS) is 14.5. The molecule has 1 aliphatic heterocycles. The van der Waals surface area contributed by atoms with Gasteiger partial charge in [-0.15, -0.1) is 11.3 Å². The van der Waals surface area contributed by atoms with Crippen molar-refractivity contribution < 1.29 is 29.3 Å². The molecule has 0 amide bonds. The van der Waals surface area contributed by atoms with Gasteiger partial charge in [-0.2, -0.15) is 0 Å². The first-order chi connectivity index (χ1) is 16.4. The van der Waals surface area contributed by atoms with Crippen molar-refractivity contribution in [1.82, 2.24) is 4.90 Å². The number of phenolic OH excluding ortho intramolecular Hbond substituents is 1. The summed E-state index contributed by atoms with van der Waals surface area (Å²) < 4.78 is 10.5. The third kappa shape index (κ3) is 5.25. The Morgan fingerprint density at radius 3 is 2.74 bits per heavy atom. The lowest BCUT2D eigenvalue weighted by molar-refractivity contribution is -0.144. The van der Waals surface area contributed by atoms with Crippen LogP contribution in [-0.4, -0.2) is 40.7 Å². The van der Waals surface area contributed by atoms with Crippen LogP contribution < -0.4 is 9.47 Å². The highest BCUT2D eigenvalue weighted by Crippen LogP contribution is 2.37. The van der Waals surface area contributed by atoms with E-state index < -0.39 is 18.0 Å². The summed E-state index contributed by atoms with van der Waals surface area (Å²) >= 11 is 7.66. The second kappa shape index (κ2) is 10.3. The molecular weight excluding hydrogens is 478 g/mol. The Morgan fingerprint density at radius 1 is 1.21 bits per heavy atom. The second-order valence-electron chi connectivity index (χ2n) is 7.68. The van der Waals surface area contributed by atoms with Gasteiger partial charge in [0.05, 0.1) is 7.11 Å². The summed E-state index contributed by atoms with van der Waals surface area (Å²) in [5.41, 5.74) is 2.16. The molecule has 1 atom stereocenters. The van der Waals surface area contributed by atoms with Crippen LogP contribution in [0.15, 0.2) is 54.6 Å². The van der Waals surface area contributed by atoms with E-state index in [1.54, 1.807) is 48.5 Å². The highest BCUT2D eigenvalue weighted by molar-refractivity contribution is 7.14.